The standard InChI is InChI=1S/C16H15/c1-11(2)14-10-9-13-8-7-12-5-3-4-6-15(12)16(13)14/h3-11H,1-2H3. The van der Waals surface area contributed by atoms with Crippen LogP contribution in [0.15, 0.2) is 42.5 Å². The molecule has 0 aliphatic heterocycles. The van der Waals surface area contributed by atoms with Crippen LogP contribution < -0.4 is 0 Å². The van der Waals surface area contributed by atoms with Gasteiger partial charge in [-0.2, -0.15) is 0 Å². The maximum Gasteiger partial charge on any atom is 0.0305 e. The highest BCUT2D eigenvalue weighted by atomic mass is 14.3. The van der Waals surface area contributed by atoms with Crippen LogP contribution in [0.25, 0.3) is 16.8 Å². The van der Waals surface area contributed by atoms with Crippen LogP contribution in [0.1, 0.15) is 25.0 Å². The molecule has 0 nitrogen and oxygen atoms in total. The van der Waals surface area contributed by atoms with Crippen molar-refractivity contribution in [3.8, 4) is 0 Å². The first-order chi connectivity index (χ1) is 7.77. The minimum atomic E-state index is 0.586. The summed E-state index contributed by atoms with van der Waals surface area (Å²) >= 11 is 0. The molecule has 1 radical (unpaired) electrons. The lowest BCUT2D eigenvalue weighted by atomic mass is 9.87. The lowest BCUT2D eigenvalue weighted by Gasteiger charge is -2.16. The van der Waals surface area contributed by atoms with Gasteiger partial charge in [-0.1, -0.05) is 62.4 Å². The fourth-order valence-corrected chi connectivity index (χ4v) is 2.49. The molecule has 0 heterocycles. The summed E-state index contributed by atoms with van der Waals surface area (Å²) in [6.07, 6.45) is 4.50. The molecule has 3 rings (SSSR count). The lowest BCUT2D eigenvalue weighted by molar-refractivity contribution is 0.727. The van der Waals surface area contributed by atoms with Crippen LogP contribution in [-0.4, -0.2) is 0 Å². The smallest absolute Gasteiger partial charge is 0.0305 e. The van der Waals surface area contributed by atoms with Gasteiger partial charge in [0.25, 0.3) is 0 Å². The van der Waals surface area contributed by atoms with Crippen molar-refractivity contribution in [1.29, 1.82) is 0 Å². The fraction of sp³-hybridized carbons (Fsp3) is 0.188. The van der Waals surface area contributed by atoms with E-state index in [-0.39, 0.29) is 0 Å². The third-order valence-electron chi connectivity index (χ3n) is 3.31. The summed E-state index contributed by atoms with van der Waals surface area (Å²) in [6, 6.07) is 13.1. The van der Waals surface area contributed by atoms with Crippen molar-refractivity contribution in [1.82, 2.24) is 0 Å². The molecule has 0 saturated heterocycles. The molecule has 0 unspecified atom stereocenters. The minimum absolute atomic E-state index is 0.586. The summed E-state index contributed by atoms with van der Waals surface area (Å²) in [6.45, 7) is 4.52. The van der Waals surface area contributed by atoms with Crippen LogP contribution in [0.4, 0.5) is 0 Å². The van der Waals surface area contributed by atoms with E-state index in [0.29, 0.717) is 5.92 Å². The SMILES string of the molecule is CC(C)[C]1C=Cc2ccc3ccccc3c21. The van der Waals surface area contributed by atoms with Crippen molar-refractivity contribution in [2.75, 3.05) is 0 Å². The van der Waals surface area contributed by atoms with E-state index in [1.807, 2.05) is 0 Å². The molecule has 0 bridgehead atoms. The first kappa shape index (κ1) is 9.65. The Kier molecular flexibility index (Phi) is 2.10. The summed E-state index contributed by atoms with van der Waals surface area (Å²) < 4.78 is 0. The van der Waals surface area contributed by atoms with E-state index >= 15 is 0 Å². The maximum atomic E-state index is 2.27. The van der Waals surface area contributed by atoms with Crippen molar-refractivity contribution < 1.29 is 0 Å². The lowest BCUT2D eigenvalue weighted by Crippen LogP contribution is -2.03. The van der Waals surface area contributed by atoms with E-state index in [2.05, 4.69) is 62.4 Å². The predicted molar refractivity (Wildman–Crippen MR) is 70.2 cm³/mol. The first-order valence-electron chi connectivity index (χ1n) is 5.84. The molecule has 2 aromatic rings. The molecule has 1 aliphatic rings. The molecule has 1 aliphatic carbocycles. The van der Waals surface area contributed by atoms with Crippen molar-refractivity contribution in [3.63, 3.8) is 0 Å². The molecule has 0 atom stereocenters. The van der Waals surface area contributed by atoms with Gasteiger partial charge >= 0.3 is 0 Å². The van der Waals surface area contributed by atoms with Gasteiger partial charge in [0, 0.05) is 5.92 Å². The third-order valence-corrected chi connectivity index (χ3v) is 3.31. The molecule has 0 aromatic heterocycles. The molecular formula is C16H15. The summed E-state index contributed by atoms with van der Waals surface area (Å²) in [5.74, 6) is 2.05. The Bertz CT molecular complexity index is 561. The van der Waals surface area contributed by atoms with Gasteiger partial charge in [0.2, 0.25) is 0 Å². The number of fused-ring (bicyclic) bond motifs is 3. The predicted octanol–water partition coefficient (Wildman–Crippen LogP) is 4.45. The summed E-state index contributed by atoms with van der Waals surface area (Å²) in [5, 5.41) is 2.72. The Morgan fingerprint density at radius 3 is 2.50 bits per heavy atom. The average molecular weight is 207 g/mol. The van der Waals surface area contributed by atoms with E-state index < -0.39 is 0 Å². The van der Waals surface area contributed by atoms with E-state index in [1.54, 1.807) is 0 Å². The average Bonchev–Trinajstić information content (AvgIpc) is 2.73. The molecule has 16 heavy (non-hydrogen) atoms. The Morgan fingerprint density at radius 1 is 0.875 bits per heavy atom. The number of allylic oxidation sites excluding steroid dienone is 1. The molecule has 79 valence electrons. The van der Waals surface area contributed by atoms with Crippen molar-refractivity contribution in [2.24, 2.45) is 5.92 Å². The van der Waals surface area contributed by atoms with Gasteiger partial charge in [-0.3, -0.25) is 0 Å². The minimum Gasteiger partial charge on any atom is -0.0718 e. The Balaban J connectivity index is 2.31. The van der Waals surface area contributed by atoms with Gasteiger partial charge in [0.05, 0.1) is 0 Å². The van der Waals surface area contributed by atoms with Crippen LogP contribution in [0.2, 0.25) is 0 Å². The highest BCUT2D eigenvalue weighted by molar-refractivity contribution is 5.93. The zero-order chi connectivity index (χ0) is 11.1. The van der Waals surface area contributed by atoms with E-state index in [4.69, 9.17) is 0 Å². The van der Waals surface area contributed by atoms with Gasteiger partial charge < -0.3 is 0 Å². The Hall–Kier alpha value is -1.56. The fourth-order valence-electron chi connectivity index (χ4n) is 2.49. The third kappa shape index (κ3) is 1.30. The quantitative estimate of drug-likeness (QED) is 0.648. The largest absolute Gasteiger partial charge is 0.0718 e. The number of hydrogen-bond acceptors (Lipinski definition) is 0. The van der Waals surface area contributed by atoms with Gasteiger partial charge in [-0.15, -0.1) is 0 Å². The van der Waals surface area contributed by atoms with Crippen LogP contribution in [0.5, 0.6) is 0 Å². The van der Waals surface area contributed by atoms with Gasteiger partial charge in [-0.25, -0.2) is 0 Å². The van der Waals surface area contributed by atoms with Crippen molar-refractivity contribution in [3.05, 3.63) is 59.5 Å². The van der Waals surface area contributed by atoms with Gasteiger partial charge in [-0.05, 0) is 27.8 Å². The summed E-state index contributed by atoms with van der Waals surface area (Å²) in [7, 11) is 0. The molecule has 0 heteroatoms. The Labute approximate surface area is 96.6 Å². The first-order valence-corrected chi connectivity index (χ1v) is 5.84. The molecular weight excluding hydrogens is 192 g/mol. The number of hydrogen-bond donors (Lipinski definition) is 0. The maximum absolute atomic E-state index is 2.27. The topological polar surface area (TPSA) is 0 Å². The van der Waals surface area contributed by atoms with Crippen LogP contribution in [0.3, 0.4) is 0 Å². The molecule has 0 saturated carbocycles. The van der Waals surface area contributed by atoms with E-state index in [1.165, 1.54) is 27.8 Å². The van der Waals surface area contributed by atoms with Crippen molar-refractivity contribution >= 4 is 16.8 Å². The van der Waals surface area contributed by atoms with Crippen LogP contribution >= 0.6 is 0 Å². The molecule has 0 N–H and O–H groups in total. The molecule has 0 fully saturated rings. The van der Waals surface area contributed by atoms with Crippen LogP contribution in [0, 0.1) is 11.8 Å². The second-order valence-electron chi connectivity index (χ2n) is 4.69. The number of benzene rings is 2. The second-order valence-corrected chi connectivity index (χ2v) is 4.69. The molecule has 2 aromatic carbocycles. The van der Waals surface area contributed by atoms with E-state index in [9.17, 15) is 0 Å². The highest BCUT2D eigenvalue weighted by Gasteiger charge is 2.22. The zero-order valence-corrected chi connectivity index (χ0v) is 9.70. The van der Waals surface area contributed by atoms with Crippen molar-refractivity contribution in [2.45, 2.75) is 13.8 Å². The zero-order valence-electron chi connectivity index (χ0n) is 9.70. The van der Waals surface area contributed by atoms with Gasteiger partial charge in [0.1, 0.15) is 0 Å². The molecule has 0 spiro atoms. The monoisotopic (exact) mass is 207 g/mol. The van der Waals surface area contributed by atoms with Gasteiger partial charge in [0.15, 0.2) is 0 Å². The highest BCUT2D eigenvalue weighted by Crippen LogP contribution is 2.38. The Morgan fingerprint density at radius 2 is 1.69 bits per heavy atom. The summed E-state index contributed by atoms with van der Waals surface area (Å²) in [5.41, 5.74) is 2.80. The molecule has 0 amide bonds. The number of rotatable bonds is 1. The van der Waals surface area contributed by atoms with E-state index in [0.717, 1.165) is 0 Å². The normalized spacial score (nSPS) is 14.9. The second kappa shape index (κ2) is 3.48. The summed E-state index contributed by atoms with van der Waals surface area (Å²) in [4.78, 5) is 0. The van der Waals surface area contributed by atoms with Crippen LogP contribution in [-0.2, 0) is 0 Å².